The molecule has 1 unspecified atom stereocenters. The van der Waals surface area contributed by atoms with Gasteiger partial charge in [0.15, 0.2) is 0 Å². The largest absolute Gasteiger partial charge is 0.491 e. The molecule has 4 nitrogen and oxygen atoms in total. The first-order valence-corrected chi connectivity index (χ1v) is 6.14. The summed E-state index contributed by atoms with van der Waals surface area (Å²) in [5, 5.41) is 0. The summed E-state index contributed by atoms with van der Waals surface area (Å²) in [5.41, 5.74) is 0.901. The Bertz CT molecular complexity index is 441. The molecule has 76 valence electrons. The van der Waals surface area contributed by atoms with Gasteiger partial charge in [0, 0.05) is 5.56 Å². The van der Waals surface area contributed by atoms with E-state index in [-0.39, 0.29) is 6.04 Å². The van der Waals surface area contributed by atoms with Crippen molar-refractivity contribution in [3.8, 4) is 5.75 Å². The van der Waals surface area contributed by atoms with E-state index in [0.29, 0.717) is 6.61 Å². The molecule has 0 aromatic heterocycles. The summed E-state index contributed by atoms with van der Waals surface area (Å²) in [7, 11) is -3.18. The fraction of sp³-hybridized carbons (Fsp3) is 0.333. The average molecular weight is 213 g/mol. The molecular formula is C9H11NO3S. The number of hydrogen-bond donors (Lipinski definition) is 1. The Morgan fingerprint density at radius 3 is 2.86 bits per heavy atom. The van der Waals surface area contributed by atoms with Gasteiger partial charge < -0.3 is 4.74 Å². The molecular weight excluding hydrogens is 202 g/mol. The highest BCUT2D eigenvalue weighted by atomic mass is 32.2. The molecule has 1 aliphatic rings. The van der Waals surface area contributed by atoms with Gasteiger partial charge in [0.1, 0.15) is 12.4 Å². The third-order valence-electron chi connectivity index (χ3n) is 2.06. The van der Waals surface area contributed by atoms with Crippen LogP contribution in [0.3, 0.4) is 0 Å². The molecule has 0 fully saturated rings. The number of hydrogen-bond acceptors (Lipinski definition) is 3. The van der Waals surface area contributed by atoms with Gasteiger partial charge in [-0.3, -0.25) is 0 Å². The zero-order valence-corrected chi connectivity index (χ0v) is 8.54. The zero-order chi connectivity index (χ0) is 10.2. The molecule has 0 bridgehead atoms. The number of rotatable bonds is 2. The standard InChI is InChI=1S/C9H11NO3S/c1-14(11,12)10-8-6-13-9-5-3-2-4-7(8)9/h2-5,8,10H,6H2,1H3. The summed E-state index contributed by atoms with van der Waals surface area (Å²) in [6, 6.07) is 7.18. The topological polar surface area (TPSA) is 55.4 Å². The highest BCUT2D eigenvalue weighted by Gasteiger charge is 2.25. The van der Waals surface area contributed by atoms with Gasteiger partial charge in [0.05, 0.1) is 12.3 Å². The highest BCUT2D eigenvalue weighted by Crippen LogP contribution is 2.31. The monoisotopic (exact) mass is 213 g/mol. The summed E-state index contributed by atoms with van der Waals surface area (Å²) in [5.74, 6) is 0.758. The first-order valence-electron chi connectivity index (χ1n) is 4.25. The van der Waals surface area contributed by atoms with Crippen molar-refractivity contribution in [2.75, 3.05) is 12.9 Å². The van der Waals surface area contributed by atoms with Crippen molar-refractivity contribution in [1.29, 1.82) is 0 Å². The van der Waals surface area contributed by atoms with Gasteiger partial charge in [-0.2, -0.15) is 0 Å². The smallest absolute Gasteiger partial charge is 0.209 e. The maximum Gasteiger partial charge on any atom is 0.209 e. The lowest BCUT2D eigenvalue weighted by Crippen LogP contribution is -2.28. The van der Waals surface area contributed by atoms with Gasteiger partial charge in [-0.25, -0.2) is 13.1 Å². The molecule has 1 N–H and O–H groups in total. The predicted octanol–water partition coefficient (Wildman–Crippen LogP) is 0.669. The second kappa shape index (κ2) is 3.25. The number of nitrogens with one attached hydrogen (secondary N) is 1. The van der Waals surface area contributed by atoms with Crippen LogP contribution in [0.25, 0.3) is 0 Å². The molecule has 0 saturated heterocycles. The SMILES string of the molecule is CS(=O)(=O)NC1COc2ccccc21. The summed E-state index contributed by atoms with van der Waals surface area (Å²) >= 11 is 0. The van der Waals surface area contributed by atoms with Crippen molar-refractivity contribution >= 4 is 10.0 Å². The van der Waals surface area contributed by atoms with E-state index < -0.39 is 10.0 Å². The number of fused-ring (bicyclic) bond motifs is 1. The molecule has 5 heteroatoms. The highest BCUT2D eigenvalue weighted by molar-refractivity contribution is 7.88. The van der Waals surface area contributed by atoms with Crippen molar-refractivity contribution in [3.63, 3.8) is 0 Å². The molecule has 1 aromatic carbocycles. The molecule has 14 heavy (non-hydrogen) atoms. The Morgan fingerprint density at radius 2 is 2.14 bits per heavy atom. The molecule has 0 aliphatic carbocycles. The van der Waals surface area contributed by atoms with Crippen molar-refractivity contribution in [1.82, 2.24) is 4.72 Å². The minimum absolute atomic E-state index is 0.249. The Labute approximate surface area is 82.9 Å². The number of ether oxygens (including phenoxy) is 1. The minimum atomic E-state index is -3.18. The summed E-state index contributed by atoms with van der Waals surface area (Å²) in [4.78, 5) is 0. The van der Waals surface area contributed by atoms with Crippen LogP contribution in [0.1, 0.15) is 11.6 Å². The van der Waals surface area contributed by atoms with Crippen molar-refractivity contribution in [3.05, 3.63) is 29.8 Å². The van der Waals surface area contributed by atoms with E-state index in [4.69, 9.17) is 4.74 Å². The van der Waals surface area contributed by atoms with Crippen molar-refractivity contribution in [2.45, 2.75) is 6.04 Å². The van der Waals surface area contributed by atoms with Crippen molar-refractivity contribution < 1.29 is 13.2 Å². The van der Waals surface area contributed by atoms with Crippen LogP contribution in [0.4, 0.5) is 0 Å². The molecule has 1 aromatic rings. The lowest BCUT2D eigenvalue weighted by Gasteiger charge is -2.08. The van der Waals surface area contributed by atoms with Crippen LogP contribution in [-0.4, -0.2) is 21.3 Å². The maximum atomic E-state index is 11.0. The van der Waals surface area contributed by atoms with Crippen LogP contribution in [0.5, 0.6) is 5.75 Å². The van der Waals surface area contributed by atoms with E-state index in [0.717, 1.165) is 17.6 Å². The lowest BCUT2D eigenvalue weighted by atomic mass is 10.1. The van der Waals surface area contributed by atoms with Gasteiger partial charge in [-0.1, -0.05) is 18.2 Å². The molecule has 2 rings (SSSR count). The van der Waals surface area contributed by atoms with E-state index in [1.807, 2.05) is 24.3 Å². The first-order chi connectivity index (χ1) is 6.56. The first kappa shape index (κ1) is 9.48. The van der Waals surface area contributed by atoms with Crippen LogP contribution in [0, 0.1) is 0 Å². The summed E-state index contributed by atoms with van der Waals surface area (Å²) in [6.45, 7) is 0.367. The zero-order valence-electron chi connectivity index (χ0n) is 7.73. The predicted molar refractivity (Wildman–Crippen MR) is 52.7 cm³/mol. The van der Waals surface area contributed by atoms with E-state index >= 15 is 0 Å². The normalized spacial score (nSPS) is 20.2. The van der Waals surface area contributed by atoms with Gasteiger partial charge in [-0.15, -0.1) is 0 Å². The number of benzene rings is 1. The second-order valence-electron chi connectivity index (χ2n) is 3.29. The average Bonchev–Trinajstić information content (AvgIpc) is 2.47. The van der Waals surface area contributed by atoms with Gasteiger partial charge >= 0.3 is 0 Å². The Morgan fingerprint density at radius 1 is 1.43 bits per heavy atom. The lowest BCUT2D eigenvalue weighted by molar-refractivity contribution is 0.325. The molecule has 0 amide bonds. The molecule has 0 saturated carbocycles. The third kappa shape index (κ3) is 1.88. The molecule has 1 heterocycles. The molecule has 0 radical (unpaired) electrons. The maximum absolute atomic E-state index is 11.0. The fourth-order valence-corrected chi connectivity index (χ4v) is 2.23. The van der Waals surface area contributed by atoms with E-state index in [1.54, 1.807) is 0 Å². The van der Waals surface area contributed by atoms with E-state index in [2.05, 4.69) is 4.72 Å². The quantitative estimate of drug-likeness (QED) is 0.785. The molecule has 1 aliphatic heterocycles. The Hall–Kier alpha value is -1.07. The van der Waals surface area contributed by atoms with Gasteiger partial charge in [0.2, 0.25) is 10.0 Å². The molecule has 0 spiro atoms. The minimum Gasteiger partial charge on any atom is -0.491 e. The van der Waals surface area contributed by atoms with Gasteiger partial charge in [-0.05, 0) is 6.07 Å². The molecule has 1 atom stereocenters. The fourth-order valence-electron chi connectivity index (χ4n) is 1.52. The van der Waals surface area contributed by atoms with E-state index in [9.17, 15) is 8.42 Å². The Balaban J connectivity index is 2.27. The Kier molecular flexibility index (Phi) is 2.20. The number of sulfonamides is 1. The van der Waals surface area contributed by atoms with Crippen molar-refractivity contribution in [2.24, 2.45) is 0 Å². The summed E-state index contributed by atoms with van der Waals surface area (Å²) < 4.78 is 29.9. The number of para-hydroxylation sites is 1. The van der Waals surface area contributed by atoms with Crippen LogP contribution in [0.15, 0.2) is 24.3 Å². The van der Waals surface area contributed by atoms with Crippen LogP contribution < -0.4 is 9.46 Å². The van der Waals surface area contributed by atoms with Crippen LogP contribution in [-0.2, 0) is 10.0 Å². The summed E-state index contributed by atoms with van der Waals surface area (Å²) in [6.07, 6.45) is 1.15. The third-order valence-corrected chi connectivity index (χ3v) is 2.77. The van der Waals surface area contributed by atoms with Crippen LogP contribution in [0.2, 0.25) is 0 Å². The van der Waals surface area contributed by atoms with Gasteiger partial charge in [0.25, 0.3) is 0 Å². The second-order valence-corrected chi connectivity index (χ2v) is 5.07. The van der Waals surface area contributed by atoms with Crippen LogP contribution >= 0.6 is 0 Å². The van der Waals surface area contributed by atoms with E-state index in [1.165, 1.54) is 0 Å².